The number of halogens is 2. The van der Waals surface area contributed by atoms with Crippen LogP contribution in [0.1, 0.15) is 6.92 Å². The van der Waals surface area contributed by atoms with Crippen molar-refractivity contribution in [1.82, 2.24) is 0 Å². The van der Waals surface area contributed by atoms with Crippen LogP contribution in [0.2, 0.25) is 0 Å². The number of allylic oxidation sites excluding steroid dienone is 4. The lowest BCUT2D eigenvalue weighted by Gasteiger charge is -1.91. The fourth-order valence-corrected chi connectivity index (χ4v) is 0.379. The minimum atomic E-state index is -0.553. The highest BCUT2D eigenvalue weighted by Gasteiger charge is 1.91. The van der Waals surface area contributed by atoms with Gasteiger partial charge in [-0.2, -0.15) is 0 Å². The molecule has 9 heavy (non-hydrogen) atoms. The Balaban J connectivity index is 4.17. The Morgan fingerprint density at radius 1 is 1.56 bits per heavy atom. The summed E-state index contributed by atoms with van der Waals surface area (Å²) >= 11 is 5.47. The third kappa shape index (κ3) is 3.98. The van der Waals surface area contributed by atoms with Crippen LogP contribution in [0.25, 0.3) is 0 Å². The first-order valence-electron chi connectivity index (χ1n) is 2.41. The molecule has 0 bridgehead atoms. The van der Waals surface area contributed by atoms with Crippen LogP contribution in [0.5, 0.6) is 0 Å². The van der Waals surface area contributed by atoms with Gasteiger partial charge < -0.3 is 0 Å². The minimum Gasteiger partial charge on any atom is -0.208 e. The summed E-state index contributed by atoms with van der Waals surface area (Å²) in [6.07, 6.45) is 1.13. The molecule has 0 amide bonds. The summed E-state index contributed by atoms with van der Waals surface area (Å²) in [6.45, 7) is 8.21. The normalized spacial score (nSPS) is 11.2. The van der Waals surface area contributed by atoms with Crippen LogP contribution in [-0.2, 0) is 0 Å². The van der Waals surface area contributed by atoms with Crippen LogP contribution < -0.4 is 0 Å². The molecular formula is C7H8ClF. The van der Waals surface area contributed by atoms with E-state index in [1.54, 1.807) is 6.92 Å². The lowest BCUT2D eigenvalue weighted by molar-refractivity contribution is 0.671. The van der Waals surface area contributed by atoms with Gasteiger partial charge in [0.1, 0.15) is 5.83 Å². The van der Waals surface area contributed by atoms with Gasteiger partial charge in [-0.05, 0) is 18.6 Å². The molecule has 0 atom stereocenters. The van der Waals surface area contributed by atoms with Crippen molar-refractivity contribution < 1.29 is 4.39 Å². The van der Waals surface area contributed by atoms with Gasteiger partial charge >= 0.3 is 0 Å². The molecule has 0 radical (unpaired) electrons. The van der Waals surface area contributed by atoms with Gasteiger partial charge in [0.05, 0.1) is 0 Å². The summed E-state index contributed by atoms with van der Waals surface area (Å²) in [5.41, 5.74) is 0.635. The predicted molar refractivity (Wildman–Crippen MR) is 39.0 cm³/mol. The highest BCUT2D eigenvalue weighted by Crippen LogP contribution is 2.13. The van der Waals surface area contributed by atoms with Crippen molar-refractivity contribution in [2.45, 2.75) is 6.92 Å². The van der Waals surface area contributed by atoms with Crippen molar-refractivity contribution in [2.75, 3.05) is 0 Å². The van der Waals surface area contributed by atoms with Crippen molar-refractivity contribution in [3.63, 3.8) is 0 Å². The van der Waals surface area contributed by atoms with E-state index in [4.69, 9.17) is 11.6 Å². The molecule has 0 rings (SSSR count). The van der Waals surface area contributed by atoms with E-state index < -0.39 is 5.83 Å². The van der Waals surface area contributed by atoms with Crippen LogP contribution in [-0.4, -0.2) is 0 Å². The predicted octanol–water partition coefficient (Wildman–Crippen LogP) is 3.17. The Kier molecular flexibility index (Phi) is 3.25. The first kappa shape index (κ1) is 8.44. The van der Waals surface area contributed by atoms with Crippen molar-refractivity contribution >= 4 is 11.6 Å². The fraction of sp³-hybridized carbons (Fsp3) is 0.143. The summed E-state index contributed by atoms with van der Waals surface area (Å²) in [4.78, 5) is 0. The zero-order chi connectivity index (χ0) is 7.44. The van der Waals surface area contributed by atoms with E-state index in [9.17, 15) is 4.39 Å². The van der Waals surface area contributed by atoms with E-state index in [2.05, 4.69) is 13.2 Å². The Bertz CT molecular complexity index is 168. The van der Waals surface area contributed by atoms with Crippen molar-refractivity contribution in [1.29, 1.82) is 0 Å². The van der Waals surface area contributed by atoms with Crippen LogP contribution in [0.3, 0.4) is 0 Å². The molecule has 0 heterocycles. The van der Waals surface area contributed by atoms with Gasteiger partial charge in [-0.1, -0.05) is 24.8 Å². The molecule has 0 aromatic heterocycles. The maximum absolute atomic E-state index is 11.9. The molecule has 0 nitrogen and oxygen atoms in total. The topological polar surface area (TPSA) is 0 Å². The van der Waals surface area contributed by atoms with Gasteiger partial charge in [-0.3, -0.25) is 0 Å². The van der Waals surface area contributed by atoms with Crippen LogP contribution in [0.4, 0.5) is 4.39 Å². The Hall–Kier alpha value is -0.560. The molecule has 50 valence electrons. The molecule has 0 aromatic rings. The van der Waals surface area contributed by atoms with Gasteiger partial charge in [-0.15, -0.1) is 0 Å². The van der Waals surface area contributed by atoms with E-state index in [1.165, 1.54) is 0 Å². The molecule has 0 unspecified atom stereocenters. The molecule has 0 saturated heterocycles. The molecule has 0 fully saturated rings. The zero-order valence-corrected chi connectivity index (χ0v) is 6.00. The molecule has 0 saturated carbocycles. The van der Waals surface area contributed by atoms with Gasteiger partial charge in [0.25, 0.3) is 0 Å². The van der Waals surface area contributed by atoms with Crippen LogP contribution in [0, 0.1) is 0 Å². The zero-order valence-electron chi connectivity index (χ0n) is 5.25. The Labute approximate surface area is 59.3 Å². The largest absolute Gasteiger partial charge is 0.208 e. The van der Waals surface area contributed by atoms with E-state index in [1.807, 2.05) is 0 Å². The van der Waals surface area contributed by atoms with Gasteiger partial charge in [0.2, 0.25) is 0 Å². The van der Waals surface area contributed by atoms with Crippen molar-refractivity contribution in [2.24, 2.45) is 0 Å². The summed E-state index contributed by atoms with van der Waals surface area (Å²) in [5, 5.41) is 0.308. The molecule has 0 spiro atoms. The van der Waals surface area contributed by atoms with Crippen molar-refractivity contribution in [3.8, 4) is 0 Å². The van der Waals surface area contributed by atoms with Crippen molar-refractivity contribution in [3.05, 3.63) is 35.7 Å². The van der Waals surface area contributed by atoms with E-state index >= 15 is 0 Å². The third-order valence-electron chi connectivity index (χ3n) is 0.691. The lowest BCUT2D eigenvalue weighted by atomic mass is 10.3. The number of rotatable bonds is 2. The fourth-order valence-electron chi connectivity index (χ4n) is 0.261. The summed E-state index contributed by atoms with van der Waals surface area (Å²) < 4.78 is 11.9. The average molecular weight is 147 g/mol. The average Bonchev–Trinajstić information content (AvgIpc) is 1.63. The number of hydrogen-bond donors (Lipinski definition) is 0. The summed E-state index contributed by atoms with van der Waals surface area (Å²) in [5.74, 6) is -0.553. The Morgan fingerprint density at radius 2 is 2.00 bits per heavy atom. The van der Waals surface area contributed by atoms with Gasteiger partial charge in [0.15, 0.2) is 0 Å². The van der Waals surface area contributed by atoms with E-state index in [-0.39, 0.29) is 0 Å². The van der Waals surface area contributed by atoms with E-state index in [0.29, 0.717) is 10.6 Å². The molecule has 2 heteroatoms. The standard InChI is InChI=1S/C7H8ClF/c1-5(2)7(8)4-6(3)9/h4H,1,3H2,2H3/b7-4+. The second-order valence-electron chi connectivity index (χ2n) is 1.72. The molecule has 0 aliphatic carbocycles. The molecule has 0 aliphatic rings. The van der Waals surface area contributed by atoms with E-state index in [0.717, 1.165) is 6.08 Å². The van der Waals surface area contributed by atoms with Crippen LogP contribution in [0.15, 0.2) is 35.7 Å². The highest BCUT2D eigenvalue weighted by molar-refractivity contribution is 6.32. The smallest absolute Gasteiger partial charge is 0.117 e. The van der Waals surface area contributed by atoms with Crippen LogP contribution >= 0.6 is 11.6 Å². The Morgan fingerprint density at radius 3 is 2.11 bits per heavy atom. The molecule has 0 N–H and O–H groups in total. The first-order valence-corrected chi connectivity index (χ1v) is 2.79. The second kappa shape index (κ2) is 3.46. The summed E-state index contributed by atoms with van der Waals surface area (Å²) in [7, 11) is 0. The van der Waals surface area contributed by atoms with Gasteiger partial charge in [0, 0.05) is 5.03 Å². The summed E-state index contributed by atoms with van der Waals surface area (Å²) in [6, 6.07) is 0. The lowest BCUT2D eigenvalue weighted by Crippen LogP contribution is -1.71. The number of hydrogen-bond acceptors (Lipinski definition) is 0. The minimum absolute atomic E-state index is 0.308. The molecule has 0 aromatic carbocycles. The SMILES string of the molecule is C=C(F)/C=C(/Cl)C(=C)C. The van der Waals surface area contributed by atoms with Gasteiger partial charge in [-0.25, -0.2) is 4.39 Å². The third-order valence-corrected chi connectivity index (χ3v) is 1.12. The quantitative estimate of drug-likeness (QED) is 0.525. The maximum atomic E-state index is 11.9. The maximum Gasteiger partial charge on any atom is 0.117 e. The second-order valence-corrected chi connectivity index (χ2v) is 2.13. The first-order chi connectivity index (χ1) is 4.04. The molecular weight excluding hydrogens is 139 g/mol. The highest BCUT2D eigenvalue weighted by atomic mass is 35.5. The molecule has 0 aliphatic heterocycles. The monoisotopic (exact) mass is 146 g/mol.